The molecule has 0 aromatic carbocycles. The van der Waals surface area contributed by atoms with Crippen LogP contribution in [0.2, 0.25) is 0 Å². The number of anilines is 2. The minimum atomic E-state index is -0.823. The lowest BCUT2D eigenvalue weighted by Gasteiger charge is -2.06. The molecule has 102 valence electrons. The Hall–Kier alpha value is -2.03. The van der Waals surface area contributed by atoms with Gasteiger partial charge < -0.3 is 11.1 Å². The number of aromatic nitrogens is 5. The van der Waals surface area contributed by atoms with Crippen molar-refractivity contribution >= 4 is 22.7 Å². The first-order chi connectivity index (χ1) is 9.19. The maximum Gasteiger partial charge on any atom is 0.257 e. The first-order valence-electron chi connectivity index (χ1n) is 5.79. The van der Waals surface area contributed by atoms with E-state index in [4.69, 9.17) is 5.73 Å². The van der Waals surface area contributed by atoms with Crippen molar-refractivity contribution in [1.29, 1.82) is 0 Å². The molecule has 8 nitrogen and oxygen atoms in total. The largest absolute Gasteiger partial charge is 0.368 e. The number of nitrogens with two attached hydrogens (primary N) is 1. The number of nitrogens with one attached hydrogen (secondary N) is 1. The van der Waals surface area contributed by atoms with Gasteiger partial charge in [-0.05, 0) is 6.07 Å². The van der Waals surface area contributed by atoms with Gasteiger partial charge in [-0.15, -0.1) is 0 Å². The molecule has 0 saturated carbocycles. The molecular weight excluding hydrogens is 266 g/mol. The van der Waals surface area contributed by atoms with E-state index in [1.807, 2.05) is 6.92 Å². The Morgan fingerprint density at radius 2 is 2.26 bits per heavy atom. The maximum atomic E-state index is 11.3. The number of nitrogen functional groups attached to an aromatic ring is 1. The van der Waals surface area contributed by atoms with Gasteiger partial charge in [0.05, 0.1) is 0 Å². The summed E-state index contributed by atoms with van der Waals surface area (Å²) in [5.74, 6) is 1.99. The zero-order valence-corrected chi connectivity index (χ0v) is 11.3. The molecule has 1 atom stereocenters. The number of hydrogen-bond donors (Lipinski definition) is 2. The summed E-state index contributed by atoms with van der Waals surface area (Å²) in [7, 11) is -0.823. The molecule has 0 bridgehead atoms. The number of nitrogens with zero attached hydrogens (tertiary/aromatic N) is 5. The third-order valence-corrected chi connectivity index (χ3v) is 3.59. The van der Waals surface area contributed by atoms with Crippen molar-refractivity contribution < 1.29 is 4.21 Å². The van der Waals surface area contributed by atoms with Crippen LogP contribution >= 0.6 is 0 Å². The molecule has 0 radical (unpaired) electrons. The minimum Gasteiger partial charge on any atom is -0.368 e. The van der Waals surface area contributed by atoms with Gasteiger partial charge >= 0.3 is 0 Å². The molecule has 0 aliphatic carbocycles. The molecule has 3 N–H and O–H groups in total. The van der Waals surface area contributed by atoms with Crippen LogP contribution in [-0.4, -0.2) is 47.0 Å². The Balaban J connectivity index is 2.07. The van der Waals surface area contributed by atoms with Gasteiger partial charge in [-0.3, -0.25) is 4.21 Å². The summed E-state index contributed by atoms with van der Waals surface area (Å²) in [4.78, 5) is 12.1. The van der Waals surface area contributed by atoms with Gasteiger partial charge in [-0.1, -0.05) is 6.92 Å². The summed E-state index contributed by atoms with van der Waals surface area (Å²) < 4.78 is 12.8. The molecular formula is C10H15N7OS. The molecule has 2 rings (SSSR count). The van der Waals surface area contributed by atoms with Crippen molar-refractivity contribution in [3.05, 3.63) is 18.5 Å². The summed E-state index contributed by atoms with van der Waals surface area (Å²) in [6.45, 7) is 2.40. The molecule has 0 saturated heterocycles. The van der Waals surface area contributed by atoms with Crippen molar-refractivity contribution in [3.8, 4) is 5.95 Å². The predicted molar refractivity (Wildman–Crippen MR) is 73.4 cm³/mol. The third kappa shape index (κ3) is 3.71. The second-order valence-corrected chi connectivity index (χ2v) is 5.49. The highest BCUT2D eigenvalue weighted by atomic mass is 32.2. The molecule has 19 heavy (non-hydrogen) atoms. The second kappa shape index (κ2) is 6.23. The molecule has 2 aromatic heterocycles. The average Bonchev–Trinajstić information content (AvgIpc) is 2.91. The SMILES string of the molecule is CCS(=O)CCNc1nc(N)nc(-n2cccn2)n1. The van der Waals surface area contributed by atoms with E-state index in [1.54, 1.807) is 18.5 Å². The van der Waals surface area contributed by atoms with Crippen LogP contribution in [0.1, 0.15) is 6.92 Å². The van der Waals surface area contributed by atoms with E-state index in [0.29, 0.717) is 29.9 Å². The van der Waals surface area contributed by atoms with Gasteiger partial charge in [0.25, 0.3) is 5.95 Å². The summed E-state index contributed by atoms with van der Waals surface area (Å²) in [5, 5.41) is 7.00. The van der Waals surface area contributed by atoms with Crippen molar-refractivity contribution in [2.45, 2.75) is 6.92 Å². The zero-order chi connectivity index (χ0) is 13.7. The third-order valence-electron chi connectivity index (χ3n) is 2.29. The molecule has 2 aromatic rings. The molecule has 0 spiro atoms. The van der Waals surface area contributed by atoms with Crippen LogP contribution in [0.25, 0.3) is 5.95 Å². The standard InChI is InChI=1S/C10H15N7OS/c1-2-19(18)7-5-12-9-14-8(11)15-10(16-9)17-6-3-4-13-17/h3-4,6H,2,5,7H2,1H3,(H3,11,12,14,15,16). The molecule has 2 heterocycles. The molecule has 0 fully saturated rings. The summed E-state index contributed by atoms with van der Waals surface area (Å²) in [5.41, 5.74) is 5.62. The lowest BCUT2D eigenvalue weighted by Crippen LogP contribution is -2.16. The summed E-state index contributed by atoms with van der Waals surface area (Å²) in [6, 6.07) is 1.76. The Labute approximate surface area is 112 Å². The fourth-order valence-corrected chi connectivity index (χ4v) is 1.99. The van der Waals surface area contributed by atoms with Crippen molar-refractivity contribution in [3.63, 3.8) is 0 Å². The monoisotopic (exact) mass is 281 g/mol. The van der Waals surface area contributed by atoms with Gasteiger partial charge in [-0.2, -0.15) is 20.1 Å². The molecule has 0 aliphatic rings. The highest BCUT2D eigenvalue weighted by Gasteiger charge is 2.06. The van der Waals surface area contributed by atoms with Crippen molar-refractivity contribution in [2.24, 2.45) is 0 Å². The first-order valence-corrected chi connectivity index (χ1v) is 7.28. The van der Waals surface area contributed by atoms with E-state index < -0.39 is 10.8 Å². The zero-order valence-electron chi connectivity index (χ0n) is 10.5. The number of rotatable bonds is 6. The Bertz CT molecular complexity index is 557. The maximum absolute atomic E-state index is 11.3. The number of hydrogen-bond acceptors (Lipinski definition) is 7. The Morgan fingerprint density at radius 1 is 1.42 bits per heavy atom. The van der Waals surface area contributed by atoms with Crippen molar-refractivity contribution in [2.75, 3.05) is 29.1 Å². The van der Waals surface area contributed by atoms with E-state index in [9.17, 15) is 4.21 Å². The van der Waals surface area contributed by atoms with Gasteiger partial charge in [-0.25, -0.2) is 4.68 Å². The van der Waals surface area contributed by atoms with Crippen LogP contribution < -0.4 is 11.1 Å². The van der Waals surface area contributed by atoms with Crippen LogP contribution in [-0.2, 0) is 10.8 Å². The van der Waals surface area contributed by atoms with Crippen LogP contribution in [0.15, 0.2) is 18.5 Å². The van der Waals surface area contributed by atoms with Gasteiger partial charge in [0, 0.05) is 41.2 Å². The molecule has 9 heteroatoms. The van der Waals surface area contributed by atoms with Crippen LogP contribution in [0.4, 0.5) is 11.9 Å². The average molecular weight is 281 g/mol. The predicted octanol–water partition coefficient (Wildman–Crippen LogP) is -0.180. The van der Waals surface area contributed by atoms with Gasteiger partial charge in [0.1, 0.15) is 0 Å². The molecule has 0 amide bonds. The Morgan fingerprint density at radius 3 is 2.95 bits per heavy atom. The minimum absolute atomic E-state index is 0.111. The molecule has 1 unspecified atom stereocenters. The highest BCUT2D eigenvalue weighted by molar-refractivity contribution is 7.84. The van der Waals surface area contributed by atoms with Crippen molar-refractivity contribution in [1.82, 2.24) is 24.7 Å². The topological polar surface area (TPSA) is 112 Å². The highest BCUT2D eigenvalue weighted by Crippen LogP contribution is 2.05. The van der Waals surface area contributed by atoms with E-state index >= 15 is 0 Å². The van der Waals surface area contributed by atoms with Crippen LogP contribution in [0, 0.1) is 0 Å². The smallest absolute Gasteiger partial charge is 0.257 e. The first kappa shape index (κ1) is 13.4. The van der Waals surface area contributed by atoms with Crippen LogP contribution in [0.3, 0.4) is 0 Å². The lowest BCUT2D eigenvalue weighted by molar-refractivity contribution is 0.684. The Kier molecular flexibility index (Phi) is 4.39. The van der Waals surface area contributed by atoms with Gasteiger partial charge in [0.2, 0.25) is 11.9 Å². The summed E-state index contributed by atoms with van der Waals surface area (Å²) in [6.07, 6.45) is 3.34. The van der Waals surface area contributed by atoms with Gasteiger partial charge in [0.15, 0.2) is 0 Å². The van der Waals surface area contributed by atoms with E-state index in [0.717, 1.165) is 0 Å². The lowest BCUT2D eigenvalue weighted by atomic mass is 10.7. The van der Waals surface area contributed by atoms with E-state index in [2.05, 4.69) is 25.4 Å². The fraction of sp³-hybridized carbons (Fsp3) is 0.400. The molecule has 0 aliphatic heterocycles. The quantitative estimate of drug-likeness (QED) is 0.755. The van der Waals surface area contributed by atoms with Crippen LogP contribution in [0.5, 0.6) is 0 Å². The fourth-order valence-electron chi connectivity index (χ4n) is 1.37. The van der Waals surface area contributed by atoms with E-state index in [1.165, 1.54) is 4.68 Å². The second-order valence-electron chi connectivity index (χ2n) is 3.63. The van der Waals surface area contributed by atoms with E-state index in [-0.39, 0.29) is 5.95 Å². The summed E-state index contributed by atoms with van der Waals surface area (Å²) >= 11 is 0. The normalized spacial score (nSPS) is 12.3.